The number of halogens is 1. The molecule has 0 spiro atoms. The zero-order valence-electron chi connectivity index (χ0n) is 12.1. The maximum absolute atomic E-state index is 6.03. The summed E-state index contributed by atoms with van der Waals surface area (Å²) in [5.41, 5.74) is 6.11. The number of thiocarbonyl (C=S) groups is 1. The van der Waals surface area contributed by atoms with Crippen LogP contribution in [-0.4, -0.2) is 15.5 Å². The molecule has 6 heteroatoms. The summed E-state index contributed by atoms with van der Waals surface area (Å²) in [4.78, 5) is 3.18. The summed E-state index contributed by atoms with van der Waals surface area (Å²) in [6.07, 6.45) is 3.64. The molecule has 0 aliphatic carbocycles. The molecule has 116 valence electrons. The van der Waals surface area contributed by atoms with Crippen LogP contribution in [0.2, 0.25) is 5.02 Å². The first-order valence-electron chi connectivity index (χ1n) is 6.99. The van der Waals surface area contributed by atoms with Gasteiger partial charge in [-0.05, 0) is 23.8 Å². The molecule has 0 fully saturated rings. The van der Waals surface area contributed by atoms with Gasteiger partial charge in [0.1, 0.15) is 0 Å². The summed E-state index contributed by atoms with van der Waals surface area (Å²) in [7, 11) is 0. The lowest BCUT2D eigenvalue weighted by Crippen LogP contribution is -2.11. The monoisotopic (exact) mass is 359 g/mol. The van der Waals surface area contributed by atoms with Gasteiger partial charge in [0.05, 0.1) is 6.21 Å². The van der Waals surface area contributed by atoms with E-state index in [0.29, 0.717) is 9.34 Å². The van der Waals surface area contributed by atoms with E-state index in [2.05, 4.69) is 27.6 Å². The third-order valence-corrected chi connectivity index (χ3v) is 4.76. The molecule has 1 aromatic heterocycles. The minimum absolute atomic E-state index is 0.642. The Balaban J connectivity index is 1.57. The summed E-state index contributed by atoms with van der Waals surface area (Å²) in [5.74, 6) is 0.824. The predicted octanol–water partition coefficient (Wildman–Crippen LogP) is 4.96. The highest BCUT2D eigenvalue weighted by molar-refractivity contribution is 8.22. The molecule has 0 bridgehead atoms. The van der Waals surface area contributed by atoms with Crippen molar-refractivity contribution in [2.45, 2.75) is 5.75 Å². The van der Waals surface area contributed by atoms with Crippen molar-refractivity contribution in [3.8, 4) is 0 Å². The highest BCUT2D eigenvalue weighted by atomic mass is 35.5. The van der Waals surface area contributed by atoms with E-state index in [1.807, 2.05) is 42.6 Å². The highest BCUT2D eigenvalue weighted by Crippen LogP contribution is 2.21. The van der Waals surface area contributed by atoms with Crippen LogP contribution >= 0.6 is 35.6 Å². The van der Waals surface area contributed by atoms with Crippen molar-refractivity contribution >= 4 is 57.0 Å². The van der Waals surface area contributed by atoms with Crippen LogP contribution in [0.1, 0.15) is 11.1 Å². The normalized spacial score (nSPS) is 11.2. The number of hydrogen-bond donors (Lipinski definition) is 2. The summed E-state index contributed by atoms with van der Waals surface area (Å²) in [6.45, 7) is 0. The van der Waals surface area contributed by atoms with E-state index in [4.69, 9.17) is 23.8 Å². The number of nitrogens with one attached hydrogen (secondary N) is 2. The van der Waals surface area contributed by atoms with Crippen LogP contribution in [0, 0.1) is 0 Å². The van der Waals surface area contributed by atoms with Crippen molar-refractivity contribution in [2.24, 2.45) is 5.10 Å². The first-order valence-corrected chi connectivity index (χ1v) is 8.76. The number of rotatable bonds is 4. The molecular weight excluding hydrogens is 346 g/mol. The summed E-state index contributed by atoms with van der Waals surface area (Å²) >= 11 is 12.9. The average Bonchev–Trinajstić information content (AvgIpc) is 2.96. The van der Waals surface area contributed by atoms with E-state index < -0.39 is 0 Å². The van der Waals surface area contributed by atoms with Crippen LogP contribution in [0.4, 0.5) is 0 Å². The van der Waals surface area contributed by atoms with Gasteiger partial charge in [-0.1, -0.05) is 65.9 Å². The molecular formula is C17H14ClN3S2. The van der Waals surface area contributed by atoms with E-state index in [9.17, 15) is 0 Å². The van der Waals surface area contributed by atoms with E-state index >= 15 is 0 Å². The molecule has 23 heavy (non-hydrogen) atoms. The smallest absolute Gasteiger partial charge is 0.154 e. The molecule has 0 saturated heterocycles. The molecule has 0 unspecified atom stereocenters. The second-order valence-electron chi connectivity index (χ2n) is 4.87. The Labute approximate surface area is 149 Å². The van der Waals surface area contributed by atoms with Gasteiger partial charge in [-0.15, -0.1) is 0 Å². The molecule has 1 heterocycles. The summed E-state index contributed by atoms with van der Waals surface area (Å²) in [6, 6.07) is 15.9. The number of fused-ring (bicyclic) bond motifs is 1. The number of hydrogen-bond acceptors (Lipinski definition) is 3. The van der Waals surface area contributed by atoms with E-state index in [0.717, 1.165) is 22.2 Å². The van der Waals surface area contributed by atoms with Crippen molar-refractivity contribution < 1.29 is 0 Å². The number of nitrogens with zero attached hydrogens (tertiary/aromatic N) is 1. The third kappa shape index (κ3) is 4.34. The van der Waals surface area contributed by atoms with Gasteiger partial charge >= 0.3 is 0 Å². The number of thioether (sulfide) groups is 1. The fourth-order valence-electron chi connectivity index (χ4n) is 2.13. The Morgan fingerprint density at radius 3 is 2.91 bits per heavy atom. The van der Waals surface area contributed by atoms with E-state index in [1.54, 1.807) is 18.0 Å². The number of aromatic amines is 1. The molecule has 0 radical (unpaired) electrons. The fraction of sp³-hybridized carbons (Fsp3) is 0.0588. The van der Waals surface area contributed by atoms with Crippen LogP contribution < -0.4 is 5.43 Å². The number of aromatic nitrogens is 1. The topological polar surface area (TPSA) is 40.2 Å². The lowest BCUT2D eigenvalue weighted by atomic mass is 10.2. The Morgan fingerprint density at radius 1 is 1.26 bits per heavy atom. The van der Waals surface area contributed by atoms with Gasteiger partial charge in [0.25, 0.3) is 0 Å². The minimum atomic E-state index is 0.642. The summed E-state index contributed by atoms with van der Waals surface area (Å²) in [5, 5.41) is 5.94. The molecule has 0 aliphatic heterocycles. The number of H-pyrrole nitrogens is 1. The molecule has 0 aliphatic rings. The Kier molecular flexibility index (Phi) is 5.33. The van der Waals surface area contributed by atoms with Gasteiger partial charge in [-0.2, -0.15) is 5.10 Å². The van der Waals surface area contributed by atoms with Crippen LogP contribution in [0.3, 0.4) is 0 Å². The number of benzene rings is 2. The zero-order valence-corrected chi connectivity index (χ0v) is 14.5. The molecule has 2 N–H and O–H groups in total. The van der Waals surface area contributed by atoms with Crippen molar-refractivity contribution in [3.05, 3.63) is 70.9 Å². The maximum Gasteiger partial charge on any atom is 0.154 e. The van der Waals surface area contributed by atoms with Gasteiger partial charge in [-0.25, -0.2) is 0 Å². The SMILES string of the molecule is S=C(NN=Cc1c[nH]c2ccc(Cl)cc12)SCc1ccccc1. The van der Waals surface area contributed by atoms with Gasteiger partial charge in [0.15, 0.2) is 4.32 Å². The van der Waals surface area contributed by atoms with Crippen LogP contribution in [0.5, 0.6) is 0 Å². The minimum Gasteiger partial charge on any atom is -0.361 e. The fourth-order valence-corrected chi connectivity index (χ4v) is 3.14. The Bertz CT molecular complexity index is 843. The lowest BCUT2D eigenvalue weighted by molar-refractivity contribution is 1.07. The highest BCUT2D eigenvalue weighted by Gasteiger charge is 2.02. The summed E-state index contributed by atoms with van der Waals surface area (Å²) < 4.78 is 0.642. The van der Waals surface area contributed by atoms with Gasteiger partial charge in [0, 0.05) is 33.4 Å². The molecule has 3 nitrogen and oxygen atoms in total. The maximum atomic E-state index is 6.03. The zero-order chi connectivity index (χ0) is 16.1. The Hall–Kier alpha value is -1.82. The van der Waals surface area contributed by atoms with Crippen LogP contribution in [-0.2, 0) is 5.75 Å². The van der Waals surface area contributed by atoms with E-state index in [1.165, 1.54) is 5.56 Å². The Morgan fingerprint density at radius 2 is 2.09 bits per heavy atom. The molecule has 0 saturated carbocycles. The van der Waals surface area contributed by atoms with E-state index in [-0.39, 0.29) is 0 Å². The predicted molar refractivity (Wildman–Crippen MR) is 104 cm³/mol. The van der Waals surface area contributed by atoms with Crippen molar-refractivity contribution in [2.75, 3.05) is 0 Å². The van der Waals surface area contributed by atoms with Crippen molar-refractivity contribution in [3.63, 3.8) is 0 Å². The first kappa shape index (κ1) is 16.1. The van der Waals surface area contributed by atoms with Crippen LogP contribution in [0.25, 0.3) is 10.9 Å². The van der Waals surface area contributed by atoms with Gasteiger partial charge < -0.3 is 4.98 Å². The quantitative estimate of drug-likeness (QED) is 0.393. The molecule has 0 atom stereocenters. The average molecular weight is 360 g/mol. The van der Waals surface area contributed by atoms with Crippen molar-refractivity contribution in [1.82, 2.24) is 10.4 Å². The molecule has 0 amide bonds. The molecule has 3 rings (SSSR count). The molecule has 2 aromatic carbocycles. The number of hydrazone groups is 1. The second-order valence-corrected chi connectivity index (χ2v) is 6.95. The largest absolute Gasteiger partial charge is 0.361 e. The molecule has 3 aromatic rings. The van der Waals surface area contributed by atoms with Crippen LogP contribution in [0.15, 0.2) is 59.8 Å². The lowest BCUT2D eigenvalue weighted by Gasteiger charge is -2.02. The van der Waals surface area contributed by atoms with Gasteiger partial charge in [0.2, 0.25) is 0 Å². The standard InChI is InChI=1S/C17H14ClN3S2/c18-14-6-7-16-15(8-14)13(9-19-16)10-20-21-17(22)23-11-12-4-2-1-3-5-12/h1-10,19H,11H2,(H,21,22). The van der Waals surface area contributed by atoms with Gasteiger partial charge in [-0.3, -0.25) is 5.43 Å². The first-order chi connectivity index (χ1) is 11.2. The van der Waals surface area contributed by atoms with Crippen molar-refractivity contribution in [1.29, 1.82) is 0 Å². The second kappa shape index (κ2) is 7.64. The third-order valence-electron chi connectivity index (χ3n) is 3.25.